The van der Waals surface area contributed by atoms with Gasteiger partial charge in [-0.1, -0.05) is 103 Å². The molecular formula is C30H16Br2Cl2O2. The molecule has 0 radical (unpaired) electrons. The normalized spacial score (nSPS) is 19.7. The maximum atomic E-state index is 12.2. The zero-order chi connectivity index (χ0) is 25.5. The van der Waals surface area contributed by atoms with Crippen LogP contribution in [0.25, 0.3) is 0 Å². The predicted octanol–water partition coefficient (Wildman–Crippen LogP) is 7.41. The van der Waals surface area contributed by atoms with Gasteiger partial charge in [0.05, 0.1) is 0 Å². The van der Waals surface area contributed by atoms with Gasteiger partial charge in [-0.2, -0.15) is 0 Å². The number of rotatable bonds is 0. The van der Waals surface area contributed by atoms with Crippen molar-refractivity contribution in [3.63, 3.8) is 0 Å². The molecule has 0 bridgehead atoms. The van der Waals surface area contributed by atoms with E-state index in [1.54, 1.807) is 72.8 Å². The van der Waals surface area contributed by atoms with E-state index < -0.39 is 11.2 Å². The molecule has 176 valence electrons. The SMILES string of the molecule is O[C@@]1(C#Cc2ccc(Cl)cc2)c2cccc(Br)c2[C@](O)(C#Cc2ccc(Cl)cc2)c2cccc(Br)c21. The average molecular weight is 639 g/mol. The maximum Gasteiger partial charge on any atom is 0.179 e. The lowest BCUT2D eigenvalue weighted by Gasteiger charge is -2.41. The van der Waals surface area contributed by atoms with Crippen molar-refractivity contribution in [2.24, 2.45) is 0 Å². The maximum absolute atomic E-state index is 12.2. The molecule has 0 unspecified atom stereocenters. The number of fused-ring (bicyclic) bond motifs is 2. The summed E-state index contributed by atoms with van der Waals surface area (Å²) >= 11 is 19.2. The standard InChI is InChI=1S/C30H16Br2Cl2O2/c31-25-5-1-3-23-27(25)30(36,18-16-20-9-13-22(34)14-10-20)24-4-2-6-26(32)28(24)29(23,35)17-15-19-7-11-21(33)12-8-19/h1-14,35-36H/t29-,30-/m0/s1. The zero-order valence-corrected chi connectivity index (χ0v) is 23.2. The number of halogens is 4. The minimum Gasteiger partial charge on any atom is -0.369 e. The van der Waals surface area contributed by atoms with Crippen molar-refractivity contribution in [2.75, 3.05) is 0 Å². The van der Waals surface area contributed by atoms with Gasteiger partial charge in [0.1, 0.15) is 0 Å². The fraction of sp³-hybridized carbons (Fsp3) is 0.0667. The van der Waals surface area contributed by atoms with E-state index in [1.165, 1.54) is 0 Å². The highest BCUT2D eigenvalue weighted by atomic mass is 79.9. The Labute approximate surface area is 236 Å². The van der Waals surface area contributed by atoms with E-state index in [9.17, 15) is 10.2 Å². The fourth-order valence-electron chi connectivity index (χ4n) is 4.31. The van der Waals surface area contributed by atoms with Crippen LogP contribution in [0.1, 0.15) is 33.4 Å². The van der Waals surface area contributed by atoms with Crippen molar-refractivity contribution in [3.05, 3.63) is 137 Å². The molecule has 1 aliphatic carbocycles. The smallest absolute Gasteiger partial charge is 0.179 e. The van der Waals surface area contributed by atoms with E-state index in [0.717, 1.165) is 0 Å². The first-order chi connectivity index (χ1) is 17.2. The quantitative estimate of drug-likeness (QED) is 0.197. The number of hydrogen-bond donors (Lipinski definition) is 2. The van der Waals surface area contributed by atoms with Crippen LogP contribution < -0.4 is 0 Å². The highest BCUT2D eigenvalue weighted by Crippen LogP contribution is 2.51. The van der Waals surface area contributed by atoms with Gasteiger partial charge in [0, 0.05) is 52.4 Å². The molecule has 4 aromatic rings. The Kier molecular flexibility index (Phi) is 6.79. The largest absolute Gasteiger partial charge is 0.369 e. The van der Waals surface area contributed by atoms with Gasteiger partial charge in [-0.3, -0.25) is 0 Å². The molecule has 6 heteroatoms. The monoisotopic (exact) mass is 636 g/mol. The Balaban J connectivity index is 1.78. The summed E-state index contributed by atoms with van der Waals surface area (Å²) in [6.45, 7) is 0. The van der Waals surface area contributed by atoms with Gasteiger partial charge in [0.2, 0.25) is 0 Å². The molecular weight excluding hydrogens is 623 g/mol. The van der Waals surface area contributed by atoms with Gasteiger partial charge in [-0.05, 0) is 60.7 Å². The summed E-state index contributed by atoms with van der Waals surface area (Å²) in [7, 11) is 0. The van der Waals surface area contributed by atoms with E-state index in [0.29, 0.717) is 52.4 Å². The van der Waals surface area contributed by atoms with Crippen molar-refractivity contribution in [3.8, 4) is 23.7 Å². The van der Waals surface area contributed by atoms with Crippen LogP contribution >= 0.6 is 55.1 Å². The number of hydrogen-bond acceptors (Lipinski definition) is 2. The molecule has 0 fully saturated rings. The van der Waals surface area contributed by atoms with Gasteiger partial charge in [-0.15, -0.1) is 0 Å². The number of aliphatic hydroxyl groups is 2. The predicted molar refractivity (Wildman–Crippen MR) is 151 cm³/mol. The van der Waals surface area contributed by atoms with Crippen molar-refractivity contribution >= 4 is 55.1 Å². The first-order valence-corrected chi connectivity index (χ1v) is 13.2. The Bertz CT molecular complexity index is 1490. The molecule has 0 amide bonds. The molecule has 0 saturated carbocycles. The second-order valence-corrected chi connectivity index (χ2v) is 10.8. The molecule has 0 aromatic heterocycles. The van der Waals surface area contributed by atoms with E-state index in [-0.39, 0.29) is 0 Å². The summed E-state index contributed by atoms with van der Waals surface area (Å²) < 4.78 is 1.20. The van der Waals surface area contributed by atoms with Crippen LogP contribution in [0, 0.1) is 23.7 Å². The second kappa shape index (κ2) is 9.73. The van der Waals surface area contributed by atoms with Crippen molar-refractivity contribution in [1.29, 1.82) is 0 Å². The summed E-state index contributed by atoms with van der Waals surface area (Å²) in [6.07, 6.45) is 0. The van der Waals surface area contributed by atoms with Gasteiger partial charge in [0.25, 0.3) is 0 Å². The molecule has 4 aromatic carbocycles. The summed E-state index contributed by atoms with van der Waals surface area (Å²) in [4.78, 5) is 0. The Morgan fingerprint density at radius 2 is 0.917 bits per heavy atom. The fourth-order valence-corrected chi connectivity index (χ4v) is 5.87. The summed E-state index contributed by atoms with van der Waals surface area (Å²) in [5.41, 5.74) is -0.334. The number of benzene rings is 4. The van der Waals surface area contributed by atoms with E-state index in [1.807, 2.05) is 12.1 Å². The molecule has 0 aliphatic heterocycles. The first-order valence-electron chi connectivity index (χ1n) is 10.8. The highest BCUT2D eigenvalue weighted by Gasteiger charge is 2.50. The topological polar surface area (TPSA) is 40.5 Å². The van der Waals surface area contributed by atoms with Crippen LogP contribution in [0.4, 0.5) is 0 Å². The third kappa shape index (κ3) is 4.40. The molecule has 2 N–H and O–H groups in total. The summed E-state index contributed by atoms with van der Waals surface area (Å²) in [6, 6.07) is 24.9. The molecule has 2 nitrogen and oxygen atoms in total. The van der Waals surface area contributed by atoms with Gasteiger partial charge < -0.3 is 10.2 Å². The van der Waals surface area contributed by atoms with E-state index in [4.69, 9.17) is 23.2 Å². The highest BCUT2D eigenvalue weighted by molar-refractivity contribution is 9.10. The van der Waals surface area contributed by atoms with Crippen LogP contribution in [0.15, 0.2) is 93.9 Å². The molecule has 0 saturated heterocycles. The van der Waals surface area contributed by atoms with E-state index >= 15 is 0 Å². The first kappa shape index (κ1) is 25.1. The Hall–Kier alpha value is -2.54. The molecule has 2 atom stereocenters. The Morgan fingerprint density at radius 3 is 1.28 bits per heavy atom. The molecule has 0 heterocycles. The van der Waals surface area contributed by atoms with Gasteiger partial charge in [0.15, 0.2) is 11.2 Å². The van der Waals surface area contributed by atoms with Gasteiger partial charge in [-0.25, -0.2) is 0 Å². The second-order valence-electron chi connectivity index (χ2n) is 8.26. The lowest BCUT2D eigenvalue weighted by Crippen LogP contribution is -2.42. The van der Waals surface area contributed by atoms with Crippen LogP contribution in [-0.2, 0) is 11.2 Å². The summed E-state index contributed by atoms with van der Waals surface area (Å²) in [5.74, 6) is 12.3. The molecule has 36 heavy (non-hydrogen) atoms. The average Bonchev–Trinajstić information content (AvgIpc) is 2.87. The lowest BCUT2D eigenvalue weighted by atomic mass is 9.68. The zero-order valence-electron chi connectivity index (χ0n) is 18.5. The van der Waals surface area contributed by atoms with Crippen molar-refractivity contribution < 1.29 is 10.2 Å². The third-order valence-electron chi connectivity index (χ3n) is 5.99. The Morgan fingerprint density at radius 1 is 0.556 bits per heavy atom. The van der Waals surface area contributed by atoms with Crippen molar-refractivity contribution in [2.45, 2.75) is 11.2 Å². The van der Waals surface area contributed by atoms with E-state index in [2.05, 4.69) is 55.5 Å². The summed E-state index contributed by atoms with van der Waals surface area (Å²) in [5, 5.41) is 25.6. The molecule has 5 rings (SSSR count). The molecule has 1 aliphatic rings. The van der Waals surface area contributed by atoms with Crippen LogP contribution in [0.2, 0.25) is 10.0 Å². The minimum absolute atomic E-state index is 0.435. The molecule has 0 spiro atoms. The lowest BCUT2D eigenvalue weighted by molar-refractivity contribution is 0.0932. The minimum atomic E-state index is -1.73. The van der Waals surface area contributed by atoms with Crippen molar-refractivity contribution in [1.82, 2.24) is 0 Å². The van der Waals surface area contributed by atoms with Crippen LogP contribution in [0.5, 0.6) is 0 Å². The van der Waals surface area contributed by atoms with Crippen LogP contribution in [-0.4, -0.2) is 10.2 Å². The van der Waals surface area contributed by atoms with Gasteiger partial charge >= 0.3 is 0 Å². The third-order valence-corrected chi connectivity index (χ3v) is 7.82. The van der Waals surface area contributed by atoms with Crippen LogP contribution in [0.3, 0.4) is 0 Å².